The van der Waals surface area contributed by atoms with Crippen LogP contribution in [0.25, 0.3) is 28.0 Å². The molecule has 3 aromatic rings. The number of alkyl halides is 3. The maximum Gasteiger partial charge on any atom is 0.416 e. The molecule has 1 aromatic heterocycles. The minimum atomic E-state index is -4.48. The molecule has 206 valence electrons. The van der Waals surface area contributed by atoms with E-state index in [9.17, 15) is 18.0 Å². The second-order valence-electron chi connectivity index (χ2n) is 9.89. The summed E-state index contributed by atoms with van der Waals surface area (Å²) in [4.78, 5) is 27.7. The van der Waals surface area contributed by atoms with Gasteiger partial charge in [-0.1, -0.05) is 6.07 Å². The van der Waals surface area contributed by atoms with Gasteiger partial charge >= 0.3 is 12.1 Å². The van der Waals surface area contributed by atoms with E-state index < -0.39 is 17.6 Å². The highest BCUT2D eigenvalue weighted by atomic mass is 19.4. The predicted molar refractivity (Wildman–Crippen MR) is 140 cm³/mol. The van der Waals surface area contributed by atoms with Crippen LogP contribution in [0.3, 0.4) is 0 Å². The lowest BCUT2D eigenvalue weighted by Crippen LogP contribution is -2.47. The number of aliphatic imine (C=N–C) groups is 1. The number of likely N-dealkylation sites (tertiary alicyclic amines) is 1. The van der Waals surface area contributed by atoms with Gasteiger partial charge in [-0.3, -0.25) is 4.79 Å². The van der Waals surface area contributed by atoms with E-state index in [0.29, 0.717) is 36.6 Å². The Labute approximate surface area is 223 Å². The highest BCUT2D eigenvalue weighted by Gasteiger charge is 2.31. The number of aromatic nitrogens is 2. The van der Waals surface area contributed by atoms with Gasteiger partial charge in [0.05, 0.1) is 28.8 Å². The number of nitrogens with zero attached hydrogens (tertiary/aromatic N) is 4. The van der Waals surface area contributed by atoms with Crippen LogP contribution in [0, 0.1) is 11.7 Å². The van der Waals surface area contributed by atoms with E-state index in [-0.39, 0.29) is 22.9 Å². The first-order valence-corrected chi connectivity index (χ1v) is 12.9. The van der Waals surface area contributed by atoms with Crippen LogP contribution in [-0.4, -0.2) is 65.0 Å². The summed E-state index contributed by atoms with van der Waals surface area (Å²) in [6, 6.07) is 7.92. The Bertz CT molecular complexity index is 1440. The van der Waals surface area contributed by atoms with Gasteiger partial charge in [0, 0.05) is 39.3 Å². The molecule has 0 radical (unpaired) electrons. The number of carbonyl (C=O) groups excluding carboxylic acids is 1. The number of halogens is 4. The monoisotopic (exact) mass is 543 g/mol. The zero-order chi connectivity index (χ0) is 27.7. The minimum Gasteiger partial charge on any atom is -0.466 e. The summed E-state index contributed by atoms with van der Waals surface area (Å²) in [5.74, 6) is 0.621. The number of H-pyrrole nitrogens is 1. The predicted octanol–water partition coefficient (Wildman–Crippen LogP) is 5.70. The van der Waals surface area contributed by atoms with Crippen LogP contribution in [0.1, 0.15) is 37.3 Å². The SMILES string of the molecule is CCOC(=O)CC1CCN(C2=NC=C(c3ccc(-c4nc5ccc(C(F)(F)F)cc5[nH]4)c(F)c3)CN2C)CC1. The molecular weight excluding hydrogens is 514 g/mol. The van der Waals surface area contributed by atoms with Crippen molar-refractivity contribution in [1.29, 1.82) is 0 Å². The molecule has 7 nitrogen and oxygen atoms in total. The lowest BCUT2D eigenvalue weighted by atomic mass is 9.93. The molecule has 1 saturated heterocycles. The second kappa shape index (κ2) is 10.7. The number of hydrogen-bond donors (Lipinski definition) is 1. The number of imidazole rings is 1. The normalized spacial score (nSPS) is 16.9. The van der Waals surface area contributed by atoms with Crippen molar-refractivity contribution in [2.45, 2.75) is 32.4 Å². The number of aromatic amines is 1. The molecule has 0 atom stereocenters. The molecule has 5 rings (SSSR count). The Balaban J connectivity index is 1.29. The van der Waals surface area contributed by atoms with Crippen molar-refractivity contribution < 1.29 is 27.1 Å². The van der Waals surface area contributed by atoms with Crippen molar-refractivity contribution in [3.05, 3.63) is 59.5 Å². The number of piperidine rings is 1. The van der Waals surface area contributed by atoms with Gasteiger partial charge in [-0.05, 0) is 67.2 Å². The van der Waals surface area contributed by atoms with Gasteiger partial charge < -0.3 is 19.5 Å². The van der Waals surface area contributed by atoms with Gasteiger partial charge in [0.25, 0.3) is 0 Å². The van der Waals surface area contributed by atoms with Crippen molar-refractivity contribution in [3.8, 4) is 11.4 Å². The summed E-state index contributed by atoms with van der Waals surface area (Å²) in [6.45, 7) is 4.32. The Morgan fingerprint density at radius 2 is 1.92 bits per heavy atom. The molecule has 11 heteroatoms. The van der Waals surface area contributed by atoms with Gasteiger partial charge in [0.1, 0.15) is 11.6 Å². The molecule has 0 amide bonds. The standard InChI is InChI=1S/C28H29F4N5O2/c1-3-39-25(38)12-17-8-10-37(11-9-17)27-33-15-19(16-36(27)2)18-4-6-21(22(29)13-18)26-34-23-7-5-20(28(30,31)32)14-24(23)35-26/h4-7,13-15,17H,3,8-12,16H2,1-2H3,(H,34,35). The number of benzene rings is 2. The van der Waals surface area contributed by atoms with Crippen LogP contribution in [0.4, 0.5) is 17.6 Å². The largest absolute Gasteiger partial charge is 0.466 e. The summed E-state index contributed by atoms with van der Waals surface area (Å²) in [5, 5.41) is 0. The van der Waals surface area contributed by atoms with E-state index in [2.05, 4.69) is 19.9 Å². The van der Waals surface area contributed by atoms with Crippen molar-refractivity contribution >= 4 is 28.5 Å². The summed E-state index contributed by atoms with van der Waals surface area (Å²) in [6.07, 6.45) is -0.523. The molecule has 0 unspecified atom stereocenters. The number of fused-ring (bicyclic) bond motifs is 1. The van der Waals surface area contributed by atoms with Gasteiger partial charge in [0.2, 0.25) is 5.96 Å². The molecule has 1 N–H and O–H groups in total. The van der Waals surface area contributed by atoms with E-state index in [4.69, 9.17) is 4.74 Å². The van der Waals surface area contributed by atoms with E-state index in [0.717, 1.165) is 49.6 Å². The first-order chi connectivity index (χ1) is 18.6. The van der Waals surface area contributed by atoms with E-state index in [1.165, 1.54) is 12.1 Å². The van der Waals surface area contributed by atoms with Gasteiger partial charge in [0.15, 0.2) is 0 Å². The van der Waals surface area contributed by atoms with Crippen LogP contribution >= 0.6 is 0 Å². The van der Waals surface area contributed by atoms with Crippen LogP contribution in [-0.2, 0) is 15.7 Å². The Morgan fingerprint density at radius 3 is 2.59 bits per heavy atom. The summed E-state index contributed by atoms with van der Waals surface area (Å²) < 4.78 is 59.4. The van der Waals surface area contributed by atoms with Crippen molar-refractivity contribution in [3.63, 3.8) is 0 Å². The third-order valence-electron chi connectivity index (χ3n) is 7.15. The number of carbonyl (C=O) groups is 1. The Hall–Kier alpha value is -3.89. The smallest absolute Gasteiger partial charge is 0.416 e. The highest BCUT2D eigenvalue weighted by molar-refractivity contribution is 5.87. The molecule has 2 aliphatic heterocycles. The number of hydrogen-bond acceptors (Lipinski definition) is 6. The third kappa shape index (κ3) is 5.76. The highest BCUT2D eigenvalue weighted by Crippen LogP contribution is 2.33. The molecule has 2 aromatic carbocycles. The second-order valence-corrected chi connectivity index (χ2v) is 9.89. The van der Waals surface area contributed by atoms with Crippen LogP contribution in [0.2, 0.25) is 0 Å². The van der Waals surface area contributed by atoms with E-state index in [1.807, 2.05) is 18.9 Å². The molecule has 39 heavy (non-hydrogen) atoms. The van der Waals surface area contributed by atoms with E-state index >= 15 is 4.39 Å². The minimum absolute atomic E-state index is 0.148. The molecule has 0 spiro atoms. The maximum atomic E-state index is 15.2. The third-order valence-corrected chi connectivity index (χ3v) is 7.15. The summed E-state index contributed by atoms with van der Waals surface area (Å²) >= 11 is 0. The van der Waals surface area contributed by atoms with Crippen LogP contribution < -0.4 is 0 Å². The number of rotatable bonds is 5. The summed E-state index contributed by atoms with van der Waals surface area (Å²) in [7, 11) is 1.94. The lowest BCUT2D eigenvalue weighted by molar-refractivity contribution is -0.144. The van der Waals surface area contributed by atoms with Crippen molar-refractivity contribution in [1.82, 2.24) is 19.8 Å². The molecule has 0 aliphatic carbocycles. The number of nitrogens with one attached hydrogen (secondary N) is 1. The zero-order valence-electron chi connectivity index (χ0n) is 21.7. The lowest BCUT2D eigenvalue weighted by Gasteiger charge is -2.38. The molecule has 0 bridgehead atoms. The van der Waals surface area contributed by atoms with E-state index in [1.54, 1.807) is 18.3 Å². The van der Waals surface area contributed by atoms with Gasteiger partial charge in [-0.2, -0.15) is 13.2 Å². The Morgan fingerprint density at radius 1 is 1.15 bits per heavy atom. The number of ether oxygens (including phenoxy) is 1. The van der Waals surface area contributed by atoms with Crippen molar-refractivity contribution in [2.24, 2.45) is 10.9 Å². The molecule has 0 saturated carbocycles. The molecular formula is C28H29F4N5O2. The van der Waals surface area contributed by atoms with Crippen molar-refractivity contribution in [2.75, 3.05) is 33.3 Å². The van der Waals surface area contributed by atoms with Gasteiger partial charge in [-0.15, -0.1) is 0 Å². The fourth-order valence-corrected chi connectivity index (χ4v) is 5.10. The first-order valence-electron chi connectivity index (χ1n) is 12.9. The van der Waals surface area contributed by atoms with Gasteiger partial charge in [-0.25, -0.2) is 14.4 Å². The number of likely N-dealkylation sites (N-methyl/N-ethyl adjacent to an activating group) is 1. The Kier molecular flexibility index (Phi) is 7.33. The number of guanidine groups is 1. The van der Waals surface area contributed by atoms with Crippen LogP contribution in [0.5, 0.6) is 0 Å². The fraction of sp³-hybridized carbons (Fsp3) is 0.393. The molecule has 3 heterocycles. The molecule has 2 aliphatic rings. The average molecular weight is 544 g/mol. The topological polar surface area (TPSA) is 73.8 Å². The maximum absolute atomic E-state index is 15.2. The quantitative estimate of drug-likeness (QED) is 0.330. The zero-order valence-corrected chi connectivity index (χ0v) is 21.7. The summed E-state index contributed by atoms with van der Waals surface area (Å²) in [5.41, 5.74) is 1.38. The number of esters is 1. The first kappa shape index (κ1) is 26.7. The average Bonchev–Trinajstić information content (AvgIpc) is 3.32. The molecule has 1 fully saturated rings. The fourth-order valence-electron chi connectivity index (χ4n) is 5.10. The van der Waals surface area contributed by atoms with Crippen LogP contribution in [0.15, 0.2) is 47.6 Å².